The Morgan fingerprint density at radius 1 is 1.00 bits per heavy atom. The van der Waals surface area contributed by atoms with E-state index in [4.69, 9.17) is 9.47 Å². The Bertz CT molecular complexity index is 906. The molecule has 0 unspecified atom stereocenters. The van der Waals surface area contributed by atoms with E-state index in [0.717, 1.165) is 36.8 Å². The summed E-state index contributed by atoms with van der Waals surface area (Å²) in [5.74, 6) is 0.352. The maximum atomic E-state index is 13.3. The van der Waals surface area contributed by atoms with E-state index in [0.29, 0.717) is 19.1 Å². The van der Waals surface area contributed by atoms with Crippen molar-refractivity contribution in [2.24, 2.45) is 11.3 Å². The number of hydrogen-bond donors (Lipinski definition) is 0. The Morgan fingerprint density at radius 3 is 2.12 bits per heavy atom. The van der Waals surface area contributed by atoms with Crippen molar-refractivity contribution < 1.29 is 19.1 Å². The van der Waals surface area contributed by atoms with Gasteiger partial charge in [-0.25, -0.2) is 4.79 Å². The number of likely N-dealkylation sites (tertiary alicyclic amines) is 1. The standard InChI is InChI=1S/C27H33NO4/c1-20-13-15-27(16-14-20)19-28(26(27)30)24(21(2)31-17-22-9-5-3-6-10-22)25(29)32-18-23-11-7-4-8-12-23/h3-12,20-21,24H,13-19H2,1-2H3/t20?,21-,24+,27?/m1/s1. The van der Waals surface area contributed by atoms with Crippen LogP contribution in [-0.4, -0.2) is 35.5 Å². The van der Waals surface area contributed by atoms with E-state index in [-0.39, 0.29) is 17.9 Å². The van der Waals surface area contributed by atoms with Crippen LogP contribution in [-0.2, 0) is 32.3 Å². The lowest BCUT2D eigenvalue weighted by Gasteiger charge is -2.54. The van der Waals surface area contributed by atoms with Crippen LogP contribution in [0, 0.1) is 11.3 Å². The molecule has 1 heterocycles. The van der Waals surface area contributed by atoms with Crippen molar-refractivity contribution in [1.82, 2.24) is 4.90 Å². The van der Waals surface area contributed by atoms with E-state index >= 15 is 0 Å². The summed E-state index contributed by atoms with van der Waals surface area (Å²) in [6.45, 7) is 5.29. The number of ether oxygens (including phenoxy) is 2. The predicted molar refractivity (Wildman–Crippen MR) is 122 cm³/mol. The fourth-order valence-corrected chi connectivity index (χ4v) is 4.87. The molecule has 0 radical (unpaired) electrons. The van der Waals surface area contributed by atoms with Crippen molar-refractivity contribution >= 4 is 11.9 Å². The molecule has 2 aliphatic rings. The fourth-order valence-electron chi connectivity index (χ4n) is 4.87. The summed E-state index contributed by atoms with van der Waals surface area (Å²) in [5, 5.41) is 0. The number of carbonyl (C=O) groups excluding carboxylic acids is 2. The SMILES string of the molecule is CC1CCC2(CC1)CN([C@H](C(=O)OCc1ccccc1)[C@@H](C)OCc1ccccc1)C2=O. The molecule has 170 valence electrons. The summed E-state index contributed by atoms with van der Waals surface area (Å²) in [4.78, 5) is 28.2. The molecule has 1 spiro atoms. The van der Waals surface area contributed by atoms with Gasteiger partial charge in [0.25, 0.3) is 0 Å². The van der Waals surface area contributed by atoms with Crippen LogP contribution in [0.2, 0.25) is 0 Å². The lowest BCUT2D eigenvalue weighted by Crippen LogP contribution is -2.69. The van der Waals surface area contributed by atoms with Gasteiger partial charge in [-0.15, -0.1) is 0 Å². The molecule has 5 nitrogen and oxygen atoms in total. The molecule has 1 aliphatic heterocycles. The van der Waals surface area contributed by atoms with E-state index < -0.39 is 18.1 Å². The maximum Gasteiger partial charge on any atom is 0.331 e. The molecule has 0 aromatic heterocycles. The fraction of sp³-hybridized carbons (Fsp3) is 0.481. The molecule has 1 saturated carbocycles. The van der Waals surface area contributed by atoms with Crippen molar-refractivity contribution in [1.29, 1.82) is 0 Å². The summed E-state index contributed by atoms with van der Waals surface area (Å²) < 4.78 is 11.7. The van der Waals surface area contributed by atoms with Gasteiger partial charge in [0.05, 0.1) is 18.1 Å². The average molecular weight is 436 g/mol. The third-order valence-corrected chi connectivity index (χ3v) is 7.02. The Hall–Kier alpha value is -2.66. The van der Waals surface area contributed by atoms with Gasteiger partial charge >= 0.3 is 5.97 Å². The predicted octanol–water partition coefficient (Wildman–Crippen LogP) is 4.74. The Balaban J connectivity index is 1.44. The van der Waals surface area contributed by atoms with Gasteiger partial charge in [-0.1, -0.05) is 67.6 Å². The van der Waals surface area contributed by atoms with Gasteiger partial charge in [0, 0.05) is 6.54 Å². The topological polar surface area (TPSA) is 55.8 Å². The molecule has 0 N–H and O–H groups in total. The molecule has 5 heteroatoms. The second kappa shape index (κ2) is 9.86. The van der Waals surface area contributed by atoms with E-state index in [1.807, 2.05) is 67.6 Å². The third kappa shape index (κ3) is 4.88. The average Bonchev–Trinajstić information content (AvgIpc) is 2.83. The molecular formula is C27H33NO4. The summed E-state index contributed by atoms with van der Waals surface area (Å²) in [7, 11) is 0. The number of amides is 1. The van der Waals surface area contributed by atoms with Crippen LogP contribution in [0.1, 0.15) is 50.7 Å². The monoisotopic (exact) mass is 435 g/mol. The Labute approximate surface area is 190 Å². The van der Waals surface area contributed by atoms with Crippen LogP contribution >= 0.6 is 0 Å². The Kier molecular flexibility index (Phi) is 6.95. The highest BCUT2D eigenvalue weighted by Crippen LogP contribution is 2.47. The molecule has 2 aromatic rings. The first-order valence-electron chi connectivity index (χ1n) is 11.7. The highest BCUT2D eigenvalue weighted by atomic mass is 16.5. The molecule has 2 atom stereocenters. The quantitative estimate of drug-likeness (QED) is 0.444. The second-order valence-corrected chi connectivity index (χ2v) is 9.44. The van der Waals surface area contributed by atoms with E-state index in [1.54, 1.807) is 4.90 Å². The first-order valence-corrected chi connectivity index (χ1v) is 11.7. The number of carbonyl (C=O) groups is 2. The zero-order valence-electron chi connectivity index (χ0n) is 19.0. The number of hydrogen-bond acceptors (Lipinski definition) is 4. The van der Waals surface area contributed by atoms with Crippen LogP contribution in [0.5, 0.6) is 0 Å². The van der Waals surface area contributed by atoms with E-state index in [1.165, 1.54) is 0 Å². The molecular weight excluding hydrogens is 402 g/mol. The Morgan fingerprint density at radius 2 is 1.56 bits per heavy atom. The van der Waals surface area contributed by atoms with E-state index in [9.17, 15) is 9.59 Å². The van der Waals surface area contributed by atoms with Crippen molar-refractivity contribution in [2.45, 2.75) is 64.9 Å². The molecule has 2 fully saturated rings. The number of nitrogens with zero attached hydrogens (tertiary/aromatic N) is 1. The minimum Gasteiger partial charge on any atom is -0.459 e. The maximum absolute atomic E-state index is 13.3. The van der Waals surface area contributed by atoms with Crippen molar-refractivity contribution in [3.05, 3.63) is 71.8 Å². The summed E-state index contributed by atoms with van der Waals surface area (Å²) in [6.07, 6.45) is 3.50. The molecule has 1 saturated heterocycles. The molecule has 4 rings (SSSR count). The van der Waals surface area contributed by atoms with Crippen LogP contribution in [0.4, 0.5) is 0 Å². The first-order chi connectivity index (χ1) is 15.5. The lowest BCUT2D eigenvalue weighted by atomic mass is 9.65. The molecule has 1 amide bonds. The molecule has 32 heavy (non-hydrogen) atoms. The first kappa shape index (κ1) is 22.5. The van der Waals surface area contributed by atoms with Crippen molar-refractivity contribution in [3.8, 4) is 0 Å². The summed E-state index contributed by atoms with van der Waals surface area (Å²) >= 11 is 0. The normalized spacial score (nSPS) is 24.6. The van der Waals surface area contributed by atoms with Gasteiger partial charge in [-0.2, -0.15) is 0 Å². The third-order valence-electron chi connectivity index (χ3n) is 7.02. The van der Waals surface area contributed by atoms with Crippen LogP contribution in [0.15, 0.2) is 60.7 Å². The van der Waals surface area contributed by atoms with Gasteiger partial charge in [0.2, 0.25) is 5.91 Å². The lowest BCUT2D eigenvalue weighted by molar-refractivity contribution is -0.186. The van der Waals surface area contributed by atoms with Crippen LogP contribution < -0.4 is 0 Å². The van der Waals surface area contributed by atoms with Crippen LogP contribution in [0.3, 0.4) is 0 Å². The number of benzene rings is 2. The zero-order valence-corrected chi connectivity index (χ0v) is 19.0. The van der Waals surface area contributed by atoms with Gasteiger partial charge in [-0.05, 0) is 49.7 Å². The summed E-state index contributed by atoms with van der Waals surface area (Å²) in [5.41, 5.74) is 1.66. The van der Waals surface area contributed by atoms with Gasteiger partial charge in [-0.3, -0.25) is 4.79 Å². The van der Waals surface area contributed by atoms with Gasteiger partial charge in [0.15, 0.2) is 6.04 Å². The molecule has 1 aliphatic carbocycles. The smallest absolute Gasteiger partial charge is 0.331 e. The van der Waals surface area contributed by atoms with Crippen molar-refractivity contribution in [3.63, 3.8) is 0 Å². The highest BCUT2D eigenvalue weighted by molar-refractivity contribution is 5.93. The number of rotatable bonds is 8. The van der Waals surface area contributed by atoms with Crippen LogP contribution in [0.25, 0.3) is 0 Å². The zero-order chi connectivity index (χ0) is 22.6. The van der Waals surface area contributed by atoms with Gasteiger partial charge in [0.1, 0.15) is 6.61 Å². The number of esters is 1. The number of β-lactam (4-membered cyclic amide) rings is 1. The highest BCUT2D eigenvalue weighted by Gasteiger charge is 2.57. The molecule has 2 aromatic carbocycles. The largest absolute Gasteiger partial charge is 0.459 e. The van der Waals surface area contributed by atoms with Gasteiger partial charge < -0.3 is 14.4 Å². The second-order valence-electron chi connectivity index (χ2n) is 9.44. The minimum atomic E-state index is -0.736. The van der Waals surface area contributed by atoms with Crippen molar-refractivity contribution in [2.75, 3.05) is 6.54 Å². The summed E-state index contributed by atoms with van der Waals surface area (Å²) in [6, 6.07) is 18.7. The molecule has 0 bridgehead atoms. The minimum absolute atomic E-state index is 0.0845. The van der Waals surface area contributed by atoms with E-state index in [2.05, 4.69) is 6.92 Å².